The summed E-state index contributed by atoms with van der Waals surface area (Å²) in [6, 6.07) is 0.228. The van der Waals surface area contributed by atoms with Gasteiger partial charge in [0.25, 0.3) is 5.56 Å². The van der Waals surface area contributed by atoms with Crippen molar-refractivity contribution in [1.29, 1.82) is 0 Å². The van der Waals surface area contributed by atoms with Crippen LogP contribution in [0.5, 0.6) is 0 Å². The zero-order valence-corrected chi connectivity index (χ0v) is 20.5. The summed E-state index contributed by atoms with van der Waals surface area (Å²) < 4.78 is 3.50. The Kier molecular flexibility index (Phi) is 9.29. The highest BCUT2D eigenvalue weighted by Crippen LogP contribution is 2.16. The number of piperidine rings is 1. The Balaban J connectivity index is 1.79. The zero-order chi connectivity index (χ0) is 23.8. The number of likely N-dealkylation sites (tertiary alicyclic amines) is 1. The molecule has 0 radical (unpaired) electrons. The third-order valence-electron chi connectivity index (χ3n) is 6.66. The lowest BCUT2D eigenvalue weighted by atomic mass is 10.0. The van der Waals surface area contributed by atoms with Crippen molar-refractivity contribution in [3.05, 3.63) is 26.7 Å². The van der Waals surface area contributed by atoms with Gasteiger partial charge in [0.05, 0.1) is 0 Å². The van der Waals surface area contributed by atoms with Gasteiger partial charge < -0.3 is 14.8 Å². The van der Waals surface area contributed by atoms with Gasteiger partial charge in [0.2, 0.25) is 5.91 Å². The third-order valence-corrected chi connectivity index (χ3v) is 6.66. The number of nitrogens with one attached hydrogen (secondary N) is 2. The highest BCUT2D eigenvalue weighted by atomic mass is 16.2. The molecule has 3 rings (SSSR count). The van der Waals surface area contributed by atoms with Gasteiger partial charge >= 0.3 is 5.69 Å². The number of imidazole rings is 1. The summed E-state index contributed by atoms with van der Waals surface area (Å²) in [6.07, 6.45) is 7.53. The Hall–Kier alpha value is -2.42. The van der Waals surface area contributed by atoms with Crippen molar-refractivity contribution in [2.75, 3.05) is 19.6 Å². The number of rotatable bonds is 12. The molecule has 2 aromatic heterocycles. The Labute approximate surface area is 195 Å². The van der Waals surface area contributed by atoms with Crippen molar-refractivity contribution in [2.24, 2.45) is 0 Å². The minimum absolute atomic E-state index is 0.0226. The van der Waals surface area contributed by atoms with Crippen molar-refractivity contribution < 1.29 is 4.79 Å². The first-order valence-electron chi connectivity index (χ1n) is 12.7. The minimum atomic E-state index is -0.415. The number of carbonyl (C=O) groups excluding carboxylic acids is 1. The number of aromatic amines is 1. The summed E-state index contributed by atoms with van der Waals surface area (Å²) in [4.78, 5) is 47.5. The van der Waals surface area contributed by atoms with E-state index in [1.54, 1.807) is 4.57 Å². The number of unbranched alkanes of at least 4 members (excludes halogenated alkanes) is 3. The van der Waals surface area contributed by atoms with Crippen LogP contribution in [0.15, 0.2) is 9.59 Å². The Morgan fingerprint density at radius 2 is 1.73 bits per heavy atom. The van der Waals surface area contributed by atoms with Gasteiger partial charge in [-0.3, -0.25) is 19.1 Å². The van der Waals surface area contributed by atoms with E-state index in [2.05, 4.69) is 36.0 Å². The number of carbonyl (C=O) groups is 1. The number of fused-ring (bicyclic) bond motifs is 1. The third kappa shape index (κ3) is 6.34. The number of hydrogen-bond acceptors (Lipinski definition) is 5. The summed E-state index contributed by atoms with van der Waals surface area (Å²) in [6.45, 7) is 10.6. The van der Waals surface area contributed by atoms with Gasteiger partial charge in [0.15, 0.2) is 11.2 Å². The lowest BCUT2D eigenvalue weighted by Crippen LogP contribution is -2.44. The molecule has 0 aromatic carbocycles. The first-order valence-corrected chi connectivity index (χ1v) is 12.7. The summed E-state index contributed by atoms with van der Waals surface area (Å²) in [5, 5.41) is 3.17. The molecule has 184 valence electrons. The van der Waals surface area contributed by atoms with Gasteiger partial charge in [-0.1, -0.05) is 40.0 Å². The first-order chi connectivity index (χ1) is 16.0. The molecular formula is C24H40N6O3. The molecule has 1 saturated heterocycles. The van der Waals surface area contributed by atoms with Gasteiger partial charge in [-0.05, 0) is 32.2 Å². The van der Waals surface area contributed by atoms with E-state index in [9.17, 15) is 14.4 Å². The van der Waals surface area contributed by atoms with Crippen molar-refractivity contribution in [1.82, 2.24) is 29.3 Å². The standard InChI is InChI=1S/C24H40N6O3/c1-4-7-9-15-29-19(10-11-20(31)25-18-12-16-28(6-3)17-13-18)26-22-21(29)23(32)27-24(33)30(22)14-8-5-2/h18H,4-17H2,1-3H3,(H,25,31)(H,27,32,33). The molecule has 9 heteroatoms. The maximum Gasteiger partial charge on any atom is 0.330 e. The lowest BCUT2D eigenvalue weighted by molar-refractivity contribution is -0.122. The predicted molar refractivity (Wildman–Crippen MR) is 131 cm³/mol. The minimum Gasteiger partial charge on any atom is -0.353 e. The Bertz CT molecular complexity index is 1030. The van der Waals surface area contributed by atoms with Crippen molar-refractivity contribution in [2.45, 2.75) is 97.7 Å². The van der Waals surface area contributed by atoms with Crippen molar-refractivity contribution in [3.8, 4) is 0 Å². The SMILES string of the molecule is CCCCCn1c(CCC(=O)NC2CCN(CC)CC2)nc2c1c(=O)[nH]c(=O)n2CCCC. The highest BCUT2D eigenvalue weighted by Gasteiger charge is 2.21. The van der Waals surface area contributed by atoms with E-state index in [1.807, 2.05) is 4.57 Å². The molecule has 1 aliphatic heterocycles. The van der Waals surface area contributed by atoms with Crippen LogP contribution in [0.2, 0.25) is 0 Å². The largest absolute Gasteiger partial charge is 0.353 e. The molecule has 33 heavy (non-hydrogen) atoms. The highest BCUT2D eigenvalue weighted by molar-refractivity contribution is 5.77. The van der Waals surface area contributed by atoms with E-state index < -0.39 is 11.2 Å². The summed E-state index contributed by atoms with van der Waals surface area (Å²) in [7, 11) is 0. The second kappa shape index (κ2) is 12.2. The van der Waals surface area contributed by atoms with E-state index in [0.717, 1.165) is 64.6 Å². The van der Waals surface area contributed by atoms with Gasteiger partial charge in [-0.25, -0.2) is 9.78 Å². The average Bonchev–Trinajstić information content (AvgIpc) is 3.17. The van der Waals surface area contributed by atoms with Crippen molar-refractivity contribution >= 4 is 17.1 Å². The summed E-state index contributed by atoms with van der Waals surface area (Å²) in [5.74, 6) is 0.729. The molecule has 0 aliphatic carbocycles. The quantitative estimate of drug-likeness (QED) is 0.473. The van der Waals surface area contributed by atoms with Crippen LogP contribution < -0.4 is 16.6 Å². The van der Waals surface area contributed by atoms with Crippen LogP contribution in [0, 0.1) is 0 Å². The van der Waals surface area contributed by atoms with E-state index >= 15 is 0 Å². The fourth-order valence-electron chi connectivity index (χ4n) is 4.61. The maximum absolute atomic E-state index is 12.7. The molecular weight excluding hydrogens is 420 g/mol. The van der Waals surface area contributed by atoms with Gasteiger partial charge in [-0.15, -0.1) is 0 Å². The van der Waals surface area contributed by atoms with Crippen molar-refractivity contribution in [3.63, 3.8) is 0 Å². The van der Waals surface area contributed by atoms with E-state index in [-0.39, 0.29) is 11.9 Å². The fraction of sp³-hybridized carbons (Fsp3) is 0.750. The second-order valence-electron chi connectivity index (χ2n) is 9.10. The normalized spacial score (nSPS) is 15.4. The van der Waals surface area contributed by atoms with Gasteiger partial charge in [0, 0.05) is 45.1 Å². The molecule has 2 aromatic rings. The average molecular weight is 461 g/mol. The lowest BCUT2D eigenvalue weighted by Gasteiger charge is -2.31. The van der Waals surface area contributed by atoms with Crippen LogP contribution in [-0.2, 0) is 24.3 Å². The van der Waals surface area contributed by atoms with Crippen LogP contribution in [0.25, 0.3) is 11.2 Å². The first kappa shape index (κ1) is 25.2. The molecule has 0 saturated carbocycles. The van der Waals surface area contributed by atoms with E-state index in [0.29, 0.717) is 42.9 Å². The number of aryl methyl sites for hydroxylation is 3. The van der Waals surface area contributed by atoms with Crippen LogP contribution in [0.1, 0.15) is 78.0 Å². The number of H-pyrrole nitrogens is 1. The Morgan fingerprint density at radius 1 is 1.03 bits per heavy atom. The molecule has 3 heterocycles. The number of amides is 1. The molecule has 9 nitrogen and oxygen atoms in total. The topological polar surface area (TPSA) is 105 Å². The number of hydrogen-bond donors (Lipinski definition) is 2. The van der Waals surface area contributed by atoms with Gasteiger partial charge in [0.1, 0.15) is 5.82 Å². The molecule has 1 fully saturated rings. The van der Waals surface area contributed by atoms with Crippen LogP contribution in [0.3, 0.4) is 0 Å². The summed E-state index contributed by atoms with van der Waals surface area (Å²) >= 11 is 0. The van der Waals surface area contributed by atoms with Crippen LogP contribution in [-0.4, -0.2) is 55.6 Å². The molecule has 1 amide bonds. The molecule has 0 spiro atoms. The van der Waals surface area contributed by atoms with Crippen LogP contribution in [0.4, 0.5) is 0 Å². The fourth-order valence-corrected chi connectivity index (χ4v) is 4.61. The maximum atomic E-state index is 12.7. The molecule has 2 N–H and O–H groups in total. The monoisotopic (exact) mass is 460 g/mol. The molecule has 0 atom stereocenters. The van der Waals surface area contributed by atoms with Gasteiger partial charge in [-0.2, -0.15) is 0 Å². The molecule has 0 unspecified atom stereocenters. The molecule has 0 bridgehead atoms. The summed E-state index contributed by atoms with van der Waals surface area (Å²) in [5.41, 5.74) is 0.0761. The smallest absolute Gasteiger partial charge is 0.330 e. The number of nitrogens with zero attached hydrogens (tertiary/aromatic N) is 4. The van der Waals surface area contributed by atoms with Crippen LogP contribution >= 0.6 is 0 Å². The van der Waals surface area contributed by atoms with E-state index in [4.69, 9.17) is 4.98 Å². The second-order valence-corrected chi connectivity index (χ2v) is 9.10. The Morgan fingerprint density at radius 3 is 2.39 bits per heavy atom. The van der Waals surface area contributed by atoms with E-state index in [1.165, 1.54) is 0 Å². The number of aromatic nitrogens is 4. The predicted octanol–water partition coefficient (Wildman–Crippen LogP) is 2.41. The zero-order valence-electron chi connectivity index (χ0n) is 20.5. The molecule has 1 aliphatic rings.